The lowest BCUT2D eigenvalue weighted by Crippen LogP contribution is -2.72. The largest absolute Gasteiger partial charge is 0.507 e. The fourth-order valence-corrected chi connectivity index (χ4v) is 7.64. The highest BCUT2D eigenvalue weighted by atomic mass is 16.3. The fourth-order valence-electron chi connectivity index (χ4n) is 7.64. The van der Waals surface area contributed by atoms with E-state index in [9.17, 15) is 29.7 Å². The summed E-state index contributed by atoms with van der Waals surface area (Å²) in [5, 5.41) is 34.1. The highest BCUT2D eigenvalue weighted by molar-refractivity contribution is 6.33. The van der Waals surface area contributed by atoms with Crippen molar-refractivity contribution in [1.82, 2.24) is 0 Å². The Morgan fingerprint density at radius 1 is 1.06 bits per heavy atom. The number of hydrogen-bond donors (Lipinski definition) is 3. The van der Waals surface area contributed by atoms with Gasteiger partial charge in [0, 0.05) is 21.8 Å². The normalized spacial score (nSPS) is 34.7. The van der Waals surface area contributed by atoms with Crippen LogP contribution in [-0.2, 0) is 19.8 Å². The van der Waals surface area contributed by atoms with Crippen LogP contribution in [0.2, 0.25) is 0 Å². The highest BCUT2D eigenvalue weighted by Crippen LogP contribution is 2.68. The molecule has 0 saturated heterocycles. The van der Waals surface area contributed by atoms with E-state index in [4.69, 9.17) is 0 Å². The number of aliphatic hydroxyl groups excluding tert-OH is 1. The second-order valence-electron chi connectivity index (χ2n) is 11.7. The first kappa shape index (κ1) is 24.4. The number of Topliss-reactive ketones (excluding diaryl/α,β-unsaturated/α-hetero) is 3. The molecule has 0 bridgehead atoms. The van der Waals surface area contributed by atoms with Gasteiger partial charge >= 0.3 is 0 Å². The molecule has 4 atom stereocenters. The second-order valence-corrected chi connectivity index (χ2v) is 11.7. The highest BCUT2D eigenvalue weighted by Gasteiger charge is 2.74. The number of aliphatic hydroxyl groups is 2. The third kappa shape index (κ3) is 2.47. The van der Waals surface area contributed by atoms with Gasteiger partial charge in [0.2, 0.25) is 11.6 Å². The monoisotopic (exact) mass is 466 g/mol. The van der Waals surface area contributed by atoms with E-state index in [0.29, 0.717) is 11.1 Å². The van der Waals surface area contributed by atoms with Gasteiger partial charge in [-0.15, -0.1) is 0 Å². The zero-order valence-corrected chi connectivity index (χ0v) is 21.2. The Kier molecular flexibility index (Phi) is 4.96. The molecule has 1 aromatic rings. The summed E-state index contributed by atoms with van der Waals surface area (Å²) in [6, 6.07) is 4.96. The molecule has 0 unspecified atom stereocenters. The van der Waals surface area contributed by atoms with Crippen LogP contribution >= 0.6 is 0 Å². The molecule has 182 valence electrons. The topological polar surface area (TPSA) is 112 Å². The van der Waals surface area contributed by atoms with Gasteiger partial charge in [0.15, 0.2) is 11.4 Å². The number of ketones is 3. The number of hydrogen-bond acceptors (Lipinski definition) is 6. The van der Waals surface area contributed by atoms with Crippen molar-refractivity contribution in [2.24, 2.45) is 22.7 Å². The maximum Gasteiger partial charge on any atom is 0.206 e. The molecular formula is C28H34O6. The number of benzene rings is 1. The van der Waals surface area contributed by atoms with E-state index < -0.39 is 50.9 Å². The summed E-state index contributed by atoms with van der Waals surface area (Å²) in [5.41, 5.74) is -4.19. The molecule has 3 aliphatic carbocycles. The predicted octanol–water partition coefficient (Wildman–Crippen LogP) is 4.43. The first-order valence-electron chi connectivity index (χ1n) is 11.8. The second kappa shape index (κ2) is 6.91. The summed E-state index contributed by atoms with van der Waals surface area (Å²) in [5.74, 6) is -3.36. The fraction of sp³-hybridized carbons (Fsp3) is 0.536. The molecule has 3 aliphatic rings. The van der Waals surface area contributed by atoms with Gasteiger partial charge in [-0.05, 0) is 43.7 Å². The standard InChI is InChI=1S/C28H34O6/c1-13(2)20-14(3)18(15(4)29)23(32)28(34)24(33)21-22(31)19-16(10-9-11-17(19)30)25(5,6)26(21,7)12-27(20,28)8/h9-11,13,20,30-31,34H,12H2,1-8H3/t20-,26+,27+,28-/m1/s1. The molecule has 1 saturated carbocycles. The Balaban J connectivity index is 2.14. The molecule has 0 amide bonds. The Hall–Kier alpha value is -2.73. The zero-order chi connectivity index (χ0) is 25.8. The van der Waals surface area contributed by atoms with Crippen LogP contribution in [0.1, 0.15) is 72.9 Å². The number of carbonyl (C=O) groups excluding carboxylic acids is 3. The third-order valence-corrected chi connectivity index (χ3v) is 9.35. The predicted molar refractivity (Wildman–Crippen MR) is 128 cm³/mol. The molecule has 3 N–H and O–H groups in total. The van der Waals surface area contributed by atoms with Crippen molar-refractivity contribution in [3.8, 4) is 5.75 Å². The molecule has 0 aliphatic heterocycles. The quantitative estimate of drug-likeness (QED) is 0.439. The van der Waals surface area contributed by atoms with E-state index >= 15 is 0 Å². The summed E-state index contributed by atoms with van der Waals surface area (Å²) >= 11 is 0. The lowest BCUT2D eigenvalue weighted by molar-refractivity contribution is -0.183. The first-order valence-corrected chi connectivity index (χ1v) is 11.8. The minimum absolute atomic E-state index is 0.0650. The number of aromatic hydroxyl groups is 1. The van der Waals surface area contributed by atoms with E-state index in [2.05, 4.69) is 0 Å². The van der Waals surface area contributed by atoms with Crippen molar-refractivity contribution in [2.45, 2.75) is 72.8 Å². The molecule has 34 heavy (non-hydrogen) atoms. The number of fused-ring (bicyclic) bond motifs is 3. The molecule has 6 heteroatoms. The van der Waals surface area contributed by atoms with Gasteiger partial charge in [-0.2, -0.15) is 0 Å². The molecule has 0 radical (unpaired) electrons. The summed E-state index contributed by atoms with van der Waals surface area (Å²) in [4.78, 5) is 40.6. The maximum atomic E-state index is 14.3. The number of phenolic OH excluding ortho intramolecular Hbond substituents is 1. The van der Waals surface area contributed by atoms with Gasteiger partial charge in [0.1, 0.15) is 11.5 Å². The SMILES string of the molecule is CC(=O)C1=C(C)[C@@H](C(C)C)[C@]2(C)C[C@@]3(C)C(=C(O)c4c(O)cccc4C3(C)C)C(=O)[C@]2(O)C1=O. The van der Waals surface area contributed by atoms with Crippen molar-refractivity contribution in [2.75, 3.05) is 0 Å². The van der Waals surface area contributed by atoms with Crippen molar-refractivity contribution in [3.63, 3.8) is 0 Å². The van der Waals surface area contributed by atoms with Crippen LogP contribution in [0.15, 0.2) is 34.9 Å². The Morgan fingerprint density at radius 2 is 1.65 bits per heavy atom. The molecular weight excluding hydrogens is 432 g/mol. The van der Waals surface area contributed by atoms with Crippen LogP contribution in [0.3, 0.4) is 0 Å². The smallest absolute Gasteiger partial charge is 0.206 e. The van der Waals surface area contributed by atoms with Gasteiger partial charge in [-0.25, -0.2) is 0 Å². The molecule has 1 aromatic carbocycles. The van der Waals surface area contributed by atoms with Crippen LogP contribution in [-0.4, -0.2) is 38.3 Å². The summed E-state index contributed by atoms with van der Waals surface area (Å²) in [7, 11) is 0. The Bertz CT molecular complexity index is 1230. The van der Waals surface area contributed by atoms with Gasteiger partial charge < -0.3 is 15.3 Å². The third-order valence-electron chi connectivity index (χ3n) is 9.35. The minimum Gasteiger partial charge on any atom is -0.507 e. The average Bonchev–Trinajstić information content (AvgIpc) is 2.69. The summed E-state index contributed by atoms with van der Waals surface area (Å²) in [6.07, 6.45) is 0.223. The van der Waals surface area contributed by atoms with E-state index in [-0.39, 0.29) is 34.8 Å². The van der Waals surface area contributed by atoms with E-state index in [0.717, 1.165) is 0 Å². The van der Waals surface area contributed by atoms with Crippen LogP contribution < -0.4 is 0 Å². The molecule has 6 nitrogen and oxygen atoms in total. The molecule has 0 aromatic heterocycles. The van der Waals surface area contributed by atoms with Crippen LogP contribution in [0.4, 0.5) is 0 Å². The molecule has 1 fully saturated rings. The number of allylic oxidation sites excluding steroid dienone is 1. The van der Waals surface area contributed by atoms with Gasteiger partial charge in [0.05, 0.1) is 11.1 Å². The van der Waals surface area contributed by atoms with Crippen LogP contribution in [0.25, 0.3) is 5.76 Å². The Labute approximate surface area is 200 Å². The van der Waals surface area contributed by atoms with Crippen molar-refractivity contribution in [1.29, 1.82) is 0 Å². The van der Waals surface area contributed by atoms with Crippen molar-refractivity contribution in [3.05, 3.63) is 46.0 Å². The van der Waals surface area contributed by atoms with E-state index in [1.54, 1.807) is 19.9 Å². The summed E-state index contributed by atoms with van der Waals surface area (Å²) < 4.78 is 0. The number of rotatable bonds is 2. The Morgan fingerprint density at radius 3 is 2.18 bits per heavy atom. The van der Waals surface area contributed by atoms with Crippen LogP contribution in [0.5, 0.6) is 5.75 Å². The van der Waals surface area contributed by atoms with Gasteiger partial charge in [-0.1, -0.05) is 59.2 Å². The number of carbonyl (C=O) groups is 3. The molecule has 0 spiro atoms. The number of phenols is 1. The van der Waals surface area contributed by atoms with Crippen molar-refractivity contribution >= 4 is 23.1 Å². The van der Waals surface area contributed by atoms with Crippen molar-refractivity contribution < 1.29 is 29.7 Å². The van der Waals surface area contributed by atoms with Crippen LogP contribution in [0, 0.1) is 22.7 Å². The molecule has 4 rings (SSSR count). The minimum atomic E-state index is -2.51. The lowest BCUT2D eigenvalue weighted by Gasteiger charge is -2.63. The van der Waals surface area contributed by atoms with E-state index in [1.165, 1.54) is 13.0 Å². The average molecular weight is 467 g/mol. The zero-order valence-electron chi connectivity index (χ0n) is 21.2. The van der Waals surface area contributed by atoms with E-state index in [1.807, 2.05) is 40.7 Å². The summed E-state index contributed by atoms with van der Waals surface area (Å²) in [6.45, 7) is 14.5. The first-order chi connectivity index (χ1) is 15.5. The molecule has 0 heterocycles. The maximum absolute atomic E-state index is 14.3. The van der Waals surface area contributed by atoms with Gasteiger partial charge in [0.25, 0.3) is 0 Å². The lowest BCUT2D eigenvalue weighted by atomic mass is 9.39. The van der Waals surface area contributed by atoms with Gasteiger partial charge in [-0.3, -0.25) is 14.4 Å².